The van der Waals surface area contributed by atoms with Crippen LogP contribution in [0, 0.1) is 0 Å². The number of hydrogen-bond donors (Lipinski definition) is 1. The highest BCUT2D eigenvalue weighted by Gasteiger charge is 2.17. The molecule has 0 fully saturated rings. The normalized spacial score (nSPS) is 12.7. The van der Waals surface area contributed by atoms with Gasteiger partial charge in [-0.2, -0.15) is 0 Å². The van der Waals surface area contributed by atoms with Crippen LogP contribution in [0.25, 0.3) is 0 Å². The van der Waals surface area contributed by atoms with E-state index in [4.69, 9.17) is 27.6 Å². The Morgan fingerprint density at radius 3 is 2.41 bits per heavy atom. The largest absolute Gasteiger partial charge is 0.457 e. The van der Waals surface area contributed by atoms with Gasteiger partial charge in [-0.1, -0.05) is 29.3 Å². The van der Waals surface area contributed by atoms with Gasteiger partial charge in [-0.05, 0) is 39.7 Å². The van der Waals surface area contributed by atoms with Gasteiger partial charge in [0.25, 0.3) is 0 Å². The fraction of sp³-hybridized carbons (Fsp3) is 0.167. The van der Waals surface area contributed by atoms with Crippen LogP contribution in [0.1, 0.15) is 17.2 Å². The van der Waals surface area contributed by atoms with Gasteiger partial charge in [0.1, 0.15) is 0 Å². The van der Waals surface area contributed by atoms with E-state index >= 15 is 0 Å². The maximum atomic E-state index is 10.1. The molecule has 1 aromatic carbocycles. The van der Waals surface area contributed by atoms with E-state index in [2.05, 4.69) is 15.9 Å². The minimum absolute atomic E-state index is 0.344. The Balaban J connectivity index is 2.25. The molecule has 1 unspecified atom stereocenters. The van der Waals surface area contributed by atoms with Crippen molar-refractivity contribution in [3.63, 3.8) is 0 Å². The predicted octanol–water partition coefficient (Wildman–Crippen LogP) is 4.63. The number of furan rings is 1. The smallest absolute Gasteiger partial charge is 0.174 e. The van der Waals surface area contributed by atoms with Crippen LogP contribution in [0.5, 0.6) is 0 Å². The van der Waals surface area contributed by atoms with Gasteiger partial charge in [-0.25, -0.2) is 0 Å². The monoisotopic (exact) mass is 334 g/mol. The van der Waals surface area contributed by atoms with Gasteiger partial charge in [0.05, 0.1) is 12.4 Å². The van der Waals surface area contributed by atoms with Gasteiger partial charge < -0.3 is 9.52 Å². The molecule has 2 aromatic rings. The standard InChI is InChI=1S/C12H9BrCl2O2/c13-12-7(4-5-17-12)11(16)6-8-9(14)2-1-3-10(8)15/h1-5,11,16H,6H2. The van der Waals surface area contributed by atoms with Crippen molar-refractivity contribution in [2.75, 3.05) is 0 Å². The molecule has 0 amide bonds. The van der Waals surface area contributed by atoms with E-state index in [0.717, 1.165) is 5.56 Å². The Labute approximate surface area is 117 Å². The van der Waals surface area contributed by atoms with E-state index in [9.17, 15) is 5.11 Å². The Morgan fingerprint density at radius 2 is 1.88 bits per heavy atom. The van der Waals surface area contributed by atoms with Crippen molar-refractivity contribution in [1.29, 1.82) is 0 Å². The van der Waals surface area contributed by atoms with Gasteiger partial charge in [-0.15, -0.1) is 0 Å². The van der Waals surface area contributed by atoms with E-state index < -0.39 is 6.10 Å². The first-order chi connectivity index (χ1) is 8.09. The summed E-state index contributed by atoms with van der Waals surface area (Å²) in [5, 5.41) is 11.2. The molecule has 2 nitrogen and oxygen atoms in total. The SMILES string of the molecule is OC(Cc1c(Cl)cccc1Cl)c1ccoc1Br. The minimum atomic E-state index is -0.708. The molecular weight excluding hydrogens is 327 g/mol. The van der Waals surface area contributed by atoms with Crippen LogP contribution in [0.2, 0.25) is 10.0 Å². The lowest BCUT2D eigenvalue weighted by Crippen LogP contribution is -2.02. The summed E-state index contributed by atoms with van der Waals surface area (Å²) in [5.41, 5.74) is 1.41. The maximum absolute atomic E-state index is 10.1. The molecule has 2 rings (SSSR count). The highest BCUT2D eigenvalue weighted by molar-refractivity contribution is 9.10. The zero-order chi connectivity index (χ0) is 12.4. The summed E-state index contributed by atoms with van der Waals surface area (Å²) >= 11 is 15.3. The second-order valence-electron chi connectivity index (χ2n) is 3.57. The van der Waals surface area contributed by atoms with Crippen molar-refractivity contribution in [2.24, 2.45) is 0 Å². The van der Waals surface area contributed by atoms with E-state index in [1.165, 1.54) is 6.26 Å². The molecule has 90 valence electrons. The Kier molecular flexibility index (Phi) is 4.15. The summed E-state index contributed by atoms with van der Waals surface area (Å²) < 4.78 is 5.60. The highest BCUT2D eigenvalue weighted by Crippen LogP contribution is 2.32. The van der Waals surface area contributed by atoms with Gasteiger partial charge in [0, 0.05) is 22.0 Å². The molecule has 1 N–H and O–H groups in total. The lowest BCUT2D eigenvalue weighted by atomic mass is 10.0. The van der Waals surface area contributed by atoms with Crippen molar-refractivity contribution in [3.05, 3.63) is 56.4 Å². The molecule has 1 aromatic heterocycles. The second-order valence-corrected chi connectivity index (χ2v) is 5.10. The highest BCUT2D eigenvalue weighted by atomic mass is 79.9. The Morgan fingerprint density at radius 1 is 1.24 bits per heavy atom. The van der Waals surface area contributed by atoms with Gasteiger partial charge in [-0.3, -0.25) is 0 Å². The second kappa shape index (κ2) is 5.44. The van der Waals surface area contributed by atoms with E-state index in [0.29, 0.717) is 26.7 Å². The van der Waals surface area contributed by atoms with Crippen LogP contribution >= 0.6 is 39.1 Å². The molecule has 0 aliphatic rings. The molecule has 17 heavy (non-hydrogen) atoms. The first-order valence-corrected chi connectivity index (χ1v) is 6.48. The summed E-state index contributed by atoms with van der Waals surface area (Å²) in [6.07, 6.45) is 1.15. The van der Waals surface area contributed by atoms with Crippen LogP contribution in [0.3, 0.4) is 0 Å². The van der Waals surface area contributed by atoms with Crippen molar-refractivity contribution in [1.82, 2.24) is 0 Å². The summed E-state index contributed by atoms with van der Waals surface area (Å²) in [5.74, 6) is 0. The van der Waals surface area contributed by atoms with Crippen LogP contribution < -0.4 is 0 Å². The Hall–Kier alpha value is -0.480. The van der Waals surface area contributed by atoms with E-state index in [1.54, 1.807) is 24.3 Å². The summed E-state index contributed by atoms with van der Waals surface area (Å²) in [7, 11) is 0. The molecule has 0 aliphatic heterocycles. The molecule has 1 heterocycles. The number of halogens is 3. The van der Waals surface area contributed by atoms with Gasteiger partial charge in [0.15, 0.2) is 4.67 Å². The number of aliphatic hydroxyl groups is 1. The number of rotatable bonds is 3. The topological polar surface area (TPSA) is 33.4 Å². The third kappa shape index (κ3) is 2.86. The molecular formula is C12H9BrCl2O2. The van der Waals surface area contributed by atoms with Crippen molar-refractivity contribution >= 4 is 39.1 Å². The third-order valence-corrected chi connectivity index (χ3v) is 3.82. The average Bonchev–Trinajstić information content (AvgIpc) is 2.70. The molecule has 1 atom stereocenters. The van der Waals surface area contributed by atoms with Crippen LogP contribution in [-0.4, -0.2) is 5.11 Å². The molecule has 0 bridgehead atoms. The summed E-state index contributed by atoms with van der Waals surface area (Å²) in [4.78, 5) is 0. The lowest BCUT2D eigenvalue weighted by Gasteiger charge is -2.12. The molecule has 0 saturated heterocycles. The van der Waals surface area contributed by atoms with Crippen LogP contribution in [-0.2, 0) is 6.42 Å². The molecule has 0 spiro atoms. The van der Waals surface area contributed by atoms with E-state index in [1.807, 2.05) is 0 Å². The van der Waals surface area contributed by atoms with E-state index in [-0.39, 0.29) is 0 Å². The summed E-state index contributed by atoms with van der Waals surface area (Å²) in [6.45, 7) is 0. The zero-order valence-electron chi connectivity index (χ0n) is 8.66. The Bertz CT molecular complexity index is 505. The number of hydrogen-bond acceptors (Lipinski definition) is 2. The third-order valence-electron chi connectivity index (χ3n) is 2.46. The molecule has 0 aliphatic carbocycles. The van der Waals surface area contributed by atoms with Gasteiger partial charge in [0.2, 0.25) is 0 Å². The van der Waals surface area contributed by atoms with Crippen LogP contribution in [0.15, 0.2) is 39.6 Å². The molecule has 0 saturated carbocycles. The quantitative estimate of drug-likeness (QED) is 0.887. The molecule has 5 heteroatoms. The number of benzene rings is 1. The zero-order valence-corrected chi connectivity index (χ0v) is 11.8. The maximum Gasteiger partial charge on any atom is 0.174 e. The predicted molar refractivity (Wildman–Crippen MR) is 71.5 cm³/mol. The minimum Gasteiger partial charge on any atom is -0.457 e. The van der Waals surface area contributed by atoms with Crippen molar-refractivity contribution in [2.45, 2.75) is 12.5 Å². The van der Waals surface area contributed by atoms with Gasteiger partial charge >= 0.3 is 0 Å². The fourth-order valence-corrected chi connectivity index (χ4v) is 2.63. The van der Waals surface area contributed by atoms with Crippen LogP contribution in [0.4, 0.5) is 0 Å². The van der Waals surface area contributed by atoms with Crippen molar-refractivity contribution in [3.8, 4) is 0 Å². The first kappa shape index (κ1) is 13.0. The van der Waals surface area contributed by atoms with Crippen molar-refractivity contribution < 1.29 is 9.52 Å². The fourth-order valence-electron chi connectivity index (χ4n) is 1.57. The summed E-state index contributed by atoms with van der Waals surface area (Å²) in [6, 6.07) is 6.98. The first-order valence-electron chi connectivity index (χ1n) is 4.93. The molecule has 0 radical (unpaired) electrons. The lowest BCUT2D eigenvalue weighted by molar-refractivity contribution is 0.176. The average molecular weight is 336 g/mol. The number of aliphatic hydroxyl groups excluding tert-OH is 1.